The number of unbranched alkanes of at least 4 members (excludes halogenated alkanes) is 2. The number of guanidine groups is 1. The maximum atomic E-state index is 11.2. The zero-order chi connectivity index (χ0) is 15.3. The van der Waals surface area contributed by atoms with Crippen molar-refractivity contribution in [3.05, 3.63) is 0 Å². The molecule has 3 N–H and O–H groups in total. The molecule has 0 heterocycles. The third-order valence-corrected chi connectivity index (χ3v) is 4.13. The van der Waals surface area contributed by atoms with E-state index in [4.69, 9.17) is 0 Å². The predicted octanol–water partition coefficient (Wildman–Crippen LogP) is 1.06. The number of aliphatic imine (C=N–C) groups is 1. The van der Waals surface area contributed by atoms with Gasteiger partial charge in [-0.15, -0.1) is 0 Å². The Morgan fingerprint density at radius 1 is 1.00 bits per heavy atom. The lowest BCUT2D eigenvalue weighted by Crippen LogP contribution is -2.38. The Balaban J connectivity index is 3.90. The molecule has 0 amide bonds. The first-order chi connectivity index (χ1) is 9.55. The SMILES string of the molecule is CCCCCNC(=NCCCNS(=O)(=O)CC)NCC. The fourth-order valence-corrected chi connectivity index (χ4v) is 2.18. The van der Waals surface area contributed by atoms with Crippen molar-refractivity contribution in [2.24, 2.45) is 4.99 Å². The smallest absolute Gasteiger partial charge is 0.211 e. The van der Waals surface area contributed by atoms with Gasteiger partial charge in [-0.25, -0.2) is 13.1 Å². The zero-order valence-corrected chi connectivity index (χ0v) is 13.9. The highest BCUT2D eigenvalue weighted by molar-refractivity contribution is 7.89. The topological polar surface area (TPSA) is 82.6 Å². The van der Waals surface area contributed by atoms with Crippen molar-refractivity contribution >= 4 is 16.0 Å². The monoisotopic (exact) mass is 306 g/mol. The Hall–Kier alpha value is -0.820. The van der Waals surface area contributed by atoms with Crippen LogP contribution in [-0.4, -0.2) is 46.3 Å². The van der Waals surface area contributed by atoms with E-state index < -0.39 is 10.0 Å². The molecule has 6 nitrogen and oxygen atoms in total. The molecule has 0 spiro atoms. The van der Waals surface area contributed by atoms with Crippen LogP contribution in [0.4, 0.5) is 0 Å². The second-order valence-electron chi connectivity index (χ2n) is 4.55. The zero-order valence-electron chi connectivity index (χ0n) is 13.0. The molecule has 0 unspecified atom stereocenters. The van der Waals surface area contributed by atoms with Crippen molar-refractivity contribution in [3.63, 3.8) is 0 Å². The van der Waals surface area contributed by atoms with Gasteiger partial charge in [-0.2, -0.15) is 0 Å². The first-order valence-corrected chi connectivity index (χ1v) is 9.20. The summed E-state index contributed by atoms with van der Waals surface area (Å²) in [5.41, 5.74) is 0. The normalized spacial score (nSPS) is 12.4. The predicted molar refractivity (Wildman–Crippen MR) is 85.6 cm³/mol. The van der Waals surface area contributed by atoms with Gasteiger partial charge < -0.3 is 10.6 Å². The number of rotatable bonds is 11. The lowest BCUT2D eigenvalue weighted by Gasteiger charge is -2.11. The standard InChI is InChI=1S/C13H30N4O2S/c1-4-7-8-10-15-13(14-5-2)16-11-9-12-17-20(18,19)6-3/h17H,4-12H2,1-3H3,(H2,14,15,16). The molecular formula is C13H30N4O2S. The van der Waals surface area contributed by atoms with Crippen LogP contribution in [0.15, 0.2) is 4.99 Å². The van der Waals surface area contributed by atoms with Gasteiger partial charge in [-0.05, 0) is 26.7 Å². The number of sulfonamides is 1. The molecule has 120 valence electrons. The van der Waals surface area contributed by atoms with Gasteiger partial charge in [0.05, 0.1) is 5.75 Å². The van der Waals surface area contributed by atoms with E-state index in [1.165, 1.54) is 12.8 Å². The van der Waals surface area contributed by atoms with Crippen LogP contribution in [0, 0.1) is 0 Å². The number of nitrogens with zero attached hydrogens (tertiary/aromatic N) is 1. The Morgan fingerprint density at radius 2 is 1.75 bits per heavy atom. The van der Waals surface area contributed by atoms with Gasteiger partial charge in [-0.3, -0.25) is 4.99 Å². The largest absolute Gasteiger partial charge is 0.357 e. The van der Waals surface area contributed by atoms with Crippen LogP contribution in [0.2, 0.25) is 0 Å². The summed E-state index contributed by atoms with van der Waals surface area (Å²) < 4.78 is 25.0. The highest BCUT2D eigenvalue weighted by atomic mass is 32.2. The average molecular weight is 306 g/mol. The molecule has 0 aliphatic carbocycles. The van der Waals surface area contributed by atoms with E-state index >= 15 is 0 Å². The number of hydrogen-bond donors (Lipinski definition) is 3. The van der Waals surface area contributed by atoms with Gasteiger partial charge in [0.2, 0.25) is 10.0 Å². The molecule has 0 rings (SSSR count). The average Bonchev–Trinajstić information content (AvgIpc) is 2.43. The fraction of sp³-hybridized carbons (Fsp3) is 0.923. The van der Waals surface area contributed by atoms with E-state index in [0.29, 0.717) is 19.5 Å². The molecular weight excluding hydrogens is 276 g/mol. The molecule has 0 aliphatic heterocycles. The molecule has 0 fully saturated rings. The maximum absolute atomic E-state index is 11.2. The van der Waals surface area contributed by atoms with E-state index in [1.54, 1.807) is 6.92 Å². The van der Waals surface area contributed by atoms with E-state index in [1.807, 2.05) is 6.92 Å². The quantitative estimate of drug-likeness (QED) is 0.303. The number of nitrogens with one attached hydrogen (secondary N) is 3. The first kappa shape index (κ1) is 19.2. The molecule has 7 heteroatoms. The van der Waals surface area contributed by atoms with Crippen LogP contribution in [0.1, 0.15) is 46.5 Å². The highest BCUT2D eigenvalue weighted by Crippen LogP contribution is 1.91. The lowest BCUT2D eigenvalue weighted by molar-refractivity contribution is 0.581. The summed E-state index contributed by atoms with van der Waals surface area (Å²) in [6.07, 6.45) is 4.25. The first-order valence-electron chi connectivity index (χ1n) is 7.55. The van der Waals surface area contributed by atoms with E-state index in [9.17, 15) is 8.42 Å². The Morgan fingerprint density at radius 3 is 2.35 bits per heavy atom. The second-order valence-corrected chi connectivity index (χ2v) is 6.64. The van der Waals surface area contributed by atoms with Crippen LogP contribution in [0.5, 0.6) is 0 Å². The molecule has 20 heavy (non-hydrogen) atoms. The van der Waals surface area contributed by atoms with Crippen molar-refractivity contribution in [3.8, 4) is 0 Å². The van der Waals surface area contributed by atoms with Crippen LogP contribution in [0.25, 0.3) is 0 Å². The molecule has 0 saturated carbocycles. The number of hydrogen-bond acceptors (Lipinski definition) is 3. The lowest BCUT2D eigenvalue weighted by atomic mass is 10.2. The molecule has 0 bridgehead atoms. The second kappa shape index (κ2) is 12.0. The third-order valence-electron chi connectivity index (χ3n) is 2.72. The summed E-state index contributed by atoms with van der Waals surface area (Å²) >= 11 is 0. The molecule has 0 aliphatic rings. The minimum atomic E-state index is -3.08. The molecule has 0 saturated heterocycles. The van der Waals surface area contributed by atoms with Crippen molar-refractivity contribution in [2.75, 3.05) is 31.9 Å². The van der Waals surface area contributed by atoms with Crippen LogP contribution < -0.4 is 15.4 Å². The summed E-state index contributed by atoms with van der Waals surface area (Å²) in [7, 11) is -3.08. The van der Waals surface area contributed by atoms with Crippen molar-refractivity contribution in [1.82, 2.24) is 15.4 Å². The van der Waals surface area contributed by atoms with Gasteiger partial charge in [0.1, 0.15) is 0 Å². The summed E-state index contributed by atoms with van der Waals surface area (Å²) in [6, 6.07) is 0. The molecule has 0 aromatic heterocycles. The Kier molecular flexibility index (Phi) is 11.5. The minimum Gasteiger partial charge on any atom is -0.357 e. The van der Waals surface area contributed by atoms with E-state index in [-0.39, 0.29) is 5.75 Å². The fourth-order valence-electron chi connectivity index (χ4n) is 1.52. The van der Waals surface area contributed by atoms with Gasteiger partial charge in [0, 0.05) is 26.2 Å². The van der Waals surface area contributed by atoms with Crippen molar-refractivity contribution < 1.29 is 8.42 Å². The van der Waals surface area contributed by atoms with Gasteiger partial charge in [0.15, 0.2) is 5.96 Å². The van der Waals surface area contributed by atoms with Crippen molar-refractivity contribution in [2.45, 2.75) is 46.5 Å². The molecule has 0 radical (unpaired) electrons. The van der Waals surface area contributed by atoms with Gasteiger partial charge in [-0.1, -0.05) is 19.8 Å². The maximum Gasteiger partial charge on any atom is 0.211 e. The van der Waals surface area contributed by atoms with Gasteiger partial charge >= 0.3 is 0 Å². The summed E-state index contributed by atoms with van der Waals surface area (Å²) in [4.78, 5) is 4.42. The highest BCUT2D eigenvalue weighted by Gasteiger charge is 2.04. The minimum absolute atomic E-state index is 0.123. The third kappa shape index (κ3) is 11.0. The Bertz CT molecular complexity index is 355. The summed E-state index contributed by atoms with van der Waals surface area (Å²) in [6.45, 7) is 8.62. The Labute approximate surface area is 123 Å². The van der Waals surface area contributed by atoms with E-state index in [2.05, 4.69) is 27.3 Å². The van der Waals surface area contributed by atoms with E-state index in [0.717, 1.165) is 25.5 Å². The van der Waals surface area contributed by atoms with Crippen LogP contribution in [-0.2, 0) is 10.0 Å². The van der Waals surface area contributed by atoms with Gasteiger partial charge in [0.25, 0.3) is 0 Å². The molecule has 0 aromatic rings. The van der Waals surface area contributed by atoms with Crippen molar-refractivity contribution in [1.29, 1.82) is 0 Å². The summed E-state index contributed by atoms with van der Waals surface area (Å²) in [5.74, 6) is 0.930. The van der Waals surface area contributed by atoms with Crippen LogP contribution in [0.3, 0.4) is 0 Å². The molecule has 0 atom stereocenters. The van der Waals surface area contributed by atoms with Crippen LogP contribution >= 0.6 is 0 Å². The summed E-state index contributed by atoms with van der Waals surface area (Å²) in [5, 5.41) is 6.45. The molecule has 0 aromatic carbocycles.